The van der Waals surface area contributed by atoms with Gasteiger partial charge in [0.05, 0.1) is 27.2 Å². The highest BCUT2D eigenvalue weighted by Gasteiger charge is 2.35. The first kappa shape index (κ1) is 23.5. The molecule has 1 aliphatic rings. The number of nitrogens with one attached hydrogen (secondary N) is 1. The molecular weight excluding hydrogens is 465 g/mol. The smallest absolute Gasteiger partial charge is 0.409 e. The highest BCUT2D eigenvalue weighted by molar-refractivity contribution is 6.34. The zero-order chi connectivity index (χ0) is 23.4. The molecule has 1 atom stereocenters. The van der Waals surface area contributed by atoms with Gasteiger partial charge in [-0.1, -0.05) is 23.2 Å². The van der Waals surface area contributed by atoms with Crippen LogP contribution < -0.4 is 10.1 Å². The number of benzene rings is 2. The van der Waals surface area contributed by atoms with Crippen LogP contribution in [0, 0.1) is 10.1 Å². The molecule has 2 aromatic carbocycles. The molecule has 3 rings (SSSR count). The highest BCUT2D eigenvalue weighted by Crippen LogP contribution is 2.30. The summed E-state index contributed by atoms with van der Waals surface area (Å²) < 4.78 is 5.36. The van der Waals surface area contributed by atoms with E-state index in [-0.39, 0.29) is 39.3 Å². The quantitative estimate of drug-likeness (QED) is 0.473. The average molecular weight is 482 g/mol. The average Bonchev–Trinajstić information content (AvgIpc) is 3.25. The second kappa shape index (κ2) is 9.94. The van der Waals surface area contributed by atoms with E-state index in [0.717, 1.165) is 6.07 Å². The number of hydrogen-bond acceptors (Lipinski definition) is 7. The number of non-ortho nitro benzene ring substituents is 1. The van der Waals surface area contributed by atoms with Crippen LogP contribution in [-0.2, 0) is 4.79 Å². The third kappa shape index (κ3) is 5.16. The lowest BCUT2D eigenvalue weighted by molar-refractivity contribution is -0.384. The molecule has 2 aromatic rings. The fourth-order valence-electron chi connectivity index (χ4n) is 3.26. The van der Waals surface area contributed by atoms with E-state index in [1.165, 1.54) is 35.2 Å². The fourth-order valence-corrected chi connectivity index (χ4v) is 3.65. The van der Waals surface area contributed by atoms with E-state index in [9.17, 15) is 24.5 Å². The van der Waals surface area contributed by atoms with Gasteiger partial charge in [0.2, 0.25) is 0 Å². The van der Waals surface area contributed by atoms with Crippen molar-refractivity contribution in [3.63, 3.8) is 0 Å². The first-order chi connectivity index (χ1) is 15.2. The van der Waals surface area contributed by atoms with Crippen molar-refractivity contribution in [3.05, 3.63) is 62.1 Å². The molecule has 1 fully saturated rings. The monoisotopic (exact) mass is 481 g/mol. The Morgan fingerprint density at radius 2 is 1.97 bits per heavy atom. The zero-order valence-corrected chi connectivity index (χ0v) is 17.9. The van der Waals surface area contributed by atoms with Crippen molar-refractivity contribution >= 4 is 52.4 Å². The van der Waals surface area contributed by atoms with Crippen LogP contribution in [0.25, 0.3) is 0 Å². The second-order valence-corrected chi connectivity index (χ2v) is 7.70. The molecule has 0 bridgehead atoms. The number of ketones is 1. The minimum Gasteiger partial charge on any atom is -0.409 e. The number of amides is 2. The molecule has 0 radical (unpaired) electrons. The maximum absolute atomic E-state index is 12.8. The van der Waals surface area contributed by atoms with Gasteiger partial charge in [0.1, 0.15) is 12.4 Å². The SMILES string of the molecule is O=C(Nc1ccc([N+](=O)[O-])cc1Cl)c1cc(Cl)ccc1OC(=O)N1CCC[C@H]1C(=O)CO. The molecule has 0 unspecified atom stereocenters. The molecular formula is C20H17Cl2N3O7. The van der Waals surface area contributed by atoms with Crippen LogP contribution in [0.5, 0.6) is 5.75 Å². The van der Waals surface area contributed by atoms with E-state index in [2.05, 4.69) is 5.32 Å². The summed E-state index contributed by atoms with van der Waals surface area (Å²) in [7, 11) is 0. The molecule has 1 aliphatic heterocycles. The summed E-state index contributed by atoms with van der Waals surface area (Å²) in [6.07, 6.45) is 0.123. The van der Waals surface area contributed by atoms with Crippen LogP contribution in [0.1, 0.15) is 23.2 Å². The van der Waals surface area contributed by atoms with E-state index in [0.29, 0.717) is 12.8 Å². The van der Waals surface area contributed by atoms with Gasteiger partial charge in [-0.2, -0.15) is 0 Å². The minimum absolute atomic E-state index is 0.0597. The molecule has 32 heavy (non-hydrogen) atoms. The van der Waals surface area contributed by atoms with Gasteiger partial charge in [-0.25, -0.2) is 4.79 Å². The number of Topliss-reactive ketones (excluding diaryl/α,β-unsaturated/α-hetero) is 1. The number of nitro groups is 1. The van der Waals surface area contributed by atoms with Crippen molar-refractivity contribution in [1.29, 1.82) is 0 Å². The van der Waals surface area contributed by atoms with E-state index in [4.69, 9.17) is 33.0 Å². The zero-order valence-electron chi connectivity index (χ0n) is 16.4. The van der Waals surface area contributed by atoms with Gasteiger partial charge in [0.15, 0.2) is 5.78 Å². The van der Waals surface area contributed by atoms with Crippen LogP contribution in [0.3, 0.4) is 0 Å². The first-order valence-corrected chi connectivity index (χ1v) is 10.1. The van der Waals surface area contributed by atoms with E-state index >= 15 is 0 Å². The topological polar surface area (TPSA) is 139 Å². The van der Waals surface area contributed by atoms with Gasteiger partial charge in [0.25, 0.3) is 11.6 Å². The van der Waals surface area contributed by atoms with Gasteiger partial charge in [-0.3, -0.25) is 24.6 Å². The van der Waals surface area contributed by atoms with Gasteiger partial charge < -0.3 is 15.2 Å². The Kier molecular flexibility index (Phi) is 7.29. The third-order valence-corrected chi connectivity index (χ3v) is 5.36. The number of rotatable bonds is 6. The number of carbonyl (C=O) groups is 3. The molecule has 2 N–H and O–H groups in total. The van der Waals surface area contributed by atoms with Gasteiger partial charge >= 0.3 is 6.09 Å². The predicted octanol–water partition coefficient (Wildman–Crippen LogP) is 3.68. The molecule has 1 saturated heterocycles. The van der Waals surface area contributed by atoms with E-state index in [1.807, 2.05) is 0 Å². The van der Waals surface area contributed by atoms with Crippen molar-refractivity contribution in [2.75, 3.05) is 18.5 Å². The number of nitro benzene ring substituents is 1. The lowest BCUT2D eigenvalue weighted by atomic mass is 10.1. The Hall–Kier alpha value is -3.21. The molecule has 1 heterocycles. The third-order valence-electron chi connectivity index (χ3n) is 4.81. The lowest BCUT2D eigenvalue weighted by Crippen LogP contribution is -2.43. The highest BCUT2D eigenvalue weighted by atomic mass is 35.5. The Bertz CT molecular complexity index is 1090. The normalized spacial score (nSPS) is 15.3. The molecule has 168 valence electrons. The maximum Gasteiger partial charge on any atom is 0.415 e. The number of likely N-dealkylation sites (tertiary alicyclic amines) is 1. The Morgan fingerprint density at radius 1 is 1.22 bits per heavy atom. The summed E-state index contributed by atoms with van der Waals surface area (Å²) in [5, 5.41) is 22.6. The summed E-state index contributed by atoms with van der Waals surface area (Å²) in [4.78, 5) is 48.7. The standard InChI is InChI=1S/C20H17Cl2N3O7/c21-11-3-6-18(32-20(29)24-7-1-2-16(24)17(27)10-26)13(8-11)19(28)23-15-5-4-12(25(30)31)9-14(15)22/h3-6,8-9,16,26H,1-2,7,10H2,(H,23,28)/t16-/m0/s1. The molecule has 0 saturated carbocycles. The van der Waals surface area contributed by atoms with Crippen molar-refractivity contribution in [1.82, 2.24) is 4.90 Å². The van der Waals surface area contributed by atoms with Gasteiger partial charge in [-0.15, -0.1) is 0 Å². The van der Waals surface area contributed by atoms with Crippen LogP contribution >= 0.6 is 23.2 Å². The Labute approximate surface area is 191 Å². The summed E-state index contributed by atoms with van der Waals surface area (Å²) in [5.74, 6) is -1.34. The Morgan fingerprint density at radius 3 is 2.62 bits per heavy atom. The van der Waals surface area contributed by atoms with Crippen LogP contribution in [0.4, 0.5) is 16.2 Å². The first-order valence-electron chi connectivity index (χ1n) is 9.38. The number of ether oxygens (including phenoxy) is 1. The fraction of sp³-hybridized carbons (Fsp3) is 0.250. The molecule has 10 nitrogen and oxygen atoms in total. The number of nitrogens with zero attached hydrogens (tertiary/aromatic N) is 2. The van der Waals surface area contributed by atoms with Crippen LogP contribution in [0.15, 0.2) is 36.4 Å². The van der Waals surface area contributed by atoms with Crippen molar-refractivity contribution in [2.24, 2.45) is 0 Å². The van der Waals surface area contributed by atoms with E-state index < -0.39 is 35.4 Å². The summed E-state index contributed by atoms with van der Waals surface area (Å²) in [5.41, 5.74) is -0.236. The minimum atomic E-state index is -0.848. The van der Waals surface area contributed by atoms with Crippen molar-refractivity contribution < 1.29 is 29.2 Å². The molecule has 12 heteroatoms. The number of aliphatic hydroxyl groups is 1. The number of anilines is 1. The van der Waals surface area contributed by atoms with Crippen molar-refractivity contribution in [2.45, 2.75) is 18.9 Å². The predicted molar refractivity (Wildman–Crippen MR) is 115 cm³/mol. The molecule has 2 amide bonds. The second-order valence-electron chi connectivity index (χ2n) is 6.86. The number of halogens is 2. The summed E-state index contributed by atoms with van der Waals surface area (Å²) in [6.45, 7) is -0.429. The van der Waals surface area contributed by atoms with Gasteiger partial charge in [0, 0.05) is 23.7 Å². The largest absolute Gasteiger partial charge is 0.415 e. The lowest BCUT2D eigenvalue weighted by Gasteiger charge is -2.22. The molecule has 0 aromatic heterocycles. The molecule has 0 aliphatic carbocycles. The summed E-state index contributed by atoms with van der Waals surface area (Å²) in [6, 6.07) is 6.75. The number of carbonyl (C=O) groups excluding carboxylic acids is 3. The Balaban J connectivity index is 1.82. The van der Waals surface area contributed by atoms with Crippen LogP contribution in [-0.4, -0.2) is 51.9 Å². The maximum atomic E-state index is 12.8. The number of aliphatic hydroxyl groups excluding tert-OH is 1. The van der Waals surface area contributed by atoms with E-state index in [1.54, 1.807) is 0 Å². The number of hydrogen-bond donors (Lipinski definition) is 2. The van der Waals surface area contributed by atoms with Crippen molar-refractivity contribution in [3.8, 4) is 5.75 Å². The van der Waals surface area contributed by atoms with Crippen LogP contribution in [0.2, 0.25) is 10.0 Å². The molecule has 0 spiro atoms. The van der Waals surface area contributed by atoms with Gasteiger partial charge in [-0.05, 0) is 37.1 Å². The summed E-state index contributed by atoms with van der Waals surface area (Å²) >= 11 is 12.0.